The smallest absolute Gasteiger partial charge is 0.111 e. The van der Waals surface area contributed by atoms with Crippen molar-refractivity contribution >= 4 is 0 Å². The lowest BCUT2D eigenvalue weighted by Crippen LogP contribution is -2.68. The summed E-state index contributed by atoms with van der Waals surface area (Å²) >= 11 is 0. The van der Waals surface area contributed by atoms with Crippen molar-refractivity contribution in [3.63, 3.8) is 0 Å². The number of aliphatic hydroxyl groups is 5. The molecule has 0 aromatic carbocycles. The van der Waals surface area contributed by atoms with Gasteiger partial charge in [0.25, 0.3) is 0 Å². The highest BCUT2D eigenvalue weighted by Crippen LogP contribution is 2.22. The van der Waals surface area contributed by atoms with Crippen LogP contribution in [0.25, 0.3) is 0 Å². The summed E-state index contributed by atoms with van der Waals surface area (Å²) in [5.41, 5.74) is 0. The number of hydrogen-bond acceptors (Lipinski definition) is 6. The largest absolute Gasteiger partial charge is 0.389 e. The first-order valence-corrected chi connectivity index (χ1v) is 6.42. The molecule has 0 amide bonds. The molecule has 0 bridgehead atoms. The Bertz CT molecular complexity index is 247. The first kappa shape index (κ1) is 15.8. The topological polar surface area (TPSA) is 113 Å². The molecule has 5 atom stereocenters. The summed E-state index contributed by atoms with van der Waals surface area (Å²) in [6.45, 7) is 6.02. The predicted molar refractivity (Wildman–Crippen MR) is 65.9 cm³/mol. The number of nitrogens with one attached hydrogen (secondary N) is 1. The van der Waals surface area contributed by atoms with Crippen molar-refractivity contribution in [2.24, 2.45) is 5.92 Å². The molecule has 0 radical (unpaired) electrons. The fourth-order valence-corrected chi connectivity index (χ4v) is 2.53. The van der Waals surface area contributed by atoms with E-state index in [9.17, 15) is 25.5 Å². The summed E-state index contributed by atoms with van der Waals surface area (Å²) in [6.07, 6.45) is -6.25. The van der Waals surface area contributed by atoms with Gasteiger partial charge in [0, 0.05) is 6.04 Å². The molecular weight excluding hydrogens is 238 g/mol. The minimum atomic E-state index is -1.53. The highest BCUT2D eigenvalue weighted by Gasteiger charge is 2.48. The summed E-state index contributed by atoms with van der Waals surface area (Å²) in [6, 6.07) is -0.832. The maximum Gasteiger partial charge on any atom is 0.111 e. The Balaban J connectivity index is 2.68. The lowest BCUT2D eigenvalue weighted by molar-refractivity contribution is -0.191. The Morgan fingerprint density at radius 3 is 1.56 bits per heavy atom. The van der Waals surface area contributed by atoms with Gasteiger partial charge >= 0.3 is 0 Å². The number of hydrogen-bond donors (Lipinski definition) is 6. The van der Waals surface area contributed by atoms with Gasteiger partial charge in [0.1, 0.15) is 30.5 Å². The lowest BCUT2D eigenvalue weighted by atomic mass is 9.82. The first-order valence-electron chi connectivity index (χ1n) is 6.42. The van der Waals surface area contributed by atoms with E-state index in [0.29, 0.717) is 5.92 Å². The SMILES string of the molecule is CC(C)CC(C)NC1C(O)C(O)C(O)C(O)C1O. The van der Waals surface area contributed by atoms with Crippen LogP contribution in [0, 0.1) is 5.92 Å². The molecular formula is C12H25NO5. The molecule has 0 heterocycles. The van der Waals surface area contributed by atoms with Crippen LogP contribution in [0.4, 0.5) is 0 Å². The van der Waals surface area contributed by atoms with E-state index >= 15 is 0 Å². The van der Waals surface area contributed by atoms with Crippen LogP contribution >= 0.6 is 0 Å². The van der Waals surface area contributed by atoms with Gasteiger partial charge in [-0.05, 0) is 19.3 Å². The van der Waals surface area contributed by atoms with Gasteiger partial charge in [0.15, 0.2) is 0 Å². The Hall–Kier alpha value is -0.240. The van der Waals surface area contributed by atoms with Crippen LogP contribution in [-0.4, -0.2) is 68.1 Å². The van der Waals surface area contributed by atoms with Crippen LogP contribution in [0.15, 0.2) is 0 Å². The van der Waals surface area contributed by atoms with Gasteiger partial charge in [-0.1, -0.05) is 13.8 Å². The minimum absolute atomic E-state index is 0.0222. The van der Waals surface area contributed by atoms with E-state index in [2.05, 4.69) is 19.2 Å². The van der Waals surface area contributed by atoms with Crippen molar-refractivity contribution in [1.29, 1.82) is 0 Å². The van der Waals surface area contributed by atoms with Crippen LogP contribution in [0.5, 0.6) is 0 Å². The second kappa shape index (κ2) is 6.27. The Morgan fingerprint density at radius 2 is 1.17 bits per heavy atom. The zero-order chi connectivity index (χ0) is 14.0. The van der Waals surface area contributed by atoms with Gasteiger partial charge in [-0.25, -0.2) is 0 Å². The van der Waals surface area contributed by atoms with Crippen molar-refractivity contribution in [2.75, 3.05) is 0 Å². The third kappa shape index (κ3) is 3.40. The number of rotatable bonds is 4. The molecule has 0 aliphatic heterocycles. The van der Waals surface area contributed by atoms with Crippen LogP contribution in [0.2, 0.25) is 0 Å². The molecule has 1 aliphatic rings. The predicted octanol–water partition coefficient (Wildman–Crippen LogP) is -1.80. The molecule has 1 saturated carbocycles. The molecule has 1 fully saturated rings. The maximum atomic E-state index is 9.84. The second-order valence-electron chi connectivity index (χ2n) is 5.68. The highest BCUT2D eigenvalue weighted by molar-refractivity contribution is 5.02. The summed E-state index contributed by atoms with van der Waals surface area (Å²) in [7, 11) is 0. The average Bonchev–Trinajstić information content (AvgIpc) is 2.29. The molecule has 6 N–H and O–H groups in total. The second-order valence-corrected chi connectivity index (χ2v) is 5.68. The monoisotopic (exact) mass is 263 g/mol. The molecule has 6 nitrogen and oxygen atoms in total. The summed E-state index contributed by atoms with van der Waals surface area (Å²) < 4.78 is 0. The maximum absolute atomic E-state index is 9.84. The van der Waals surface area contributed by atoms with E-state index < -0.39 is 36.6 Å². The van der Waals surface area contributed by atoms with Gasteiger partial charge in [-0.15, -0.1) is 0 Å². The van der Waals surface area contributed by atoms with Gasteiger partial charge in [-0.3, -0.25) is 0 Å². The Labute approximate surface area is 107 Å². The van der Waals surface area contributed by atoms with Crippen molar-refractivity contribution in [1.82, 2.24) is 5.32 Å². The third-order valence-corrected chi connectivity index (χ3v) is 3.44. The van der Waals surface area contributed by atoms with Crippen molar-refractivity contribution in [2.45, 2.75) is 69.8 Å². The van der Waals surface area contributed by atoms with E-state index in [-0.39, 0.29) is 6.04 Å². The molecule has 0 saturated heterocycles. The van der Waals surface area contributed by atoms with Crippen LogP contribution in [0.1, 0.15) is 27.2 Å². The Morgan fingerprint density at radius 1 is 0.778 bits per heavy atom. The Kier molecular flexibility index (Phi) is 5.51. The van der Waals surface area contributed by atoms with Gasteiger partial charge in [0.2, 0.25) is 0 Å². The van der Waals surface area contributed by atoms with E-state index in [1.807, 2.05) is 6.92 Å². The summed E-state index contributed by atoms with van der Waals surface area (Å²) in [4.78, 5) is 0. The lowest BCUT2D eigenvalue weighted by Gasteiger charge is -2.43. The minimum Gasteiger partial charge on any atom is -0.389 e. The van der Waals surface area contributed by atoms with Gasteiger partial charge in [-0.2, -0.15) is 0 Å². The zero-order valence-electron chi connectivity index (χ0n) is 11.1. The van der Waals surface area contributed by atoms with Crippen LogP contribution in [-0.2, 0) is 0 Å². The zero-order valence-corrected chi connectivity index (χ0v) is 11.1. The van der Waals surface area contributed by atoms with Gasteiger partial charge in [0.05, 0.1) is 6.04 Å². The highest BCUT2D eigenvalue weighted by atomic mass is 16.4. The molecule has 5 unspecified atom stereocenters. The molecule has 0 spiro atoms. The van der Waals surface area contributed by atoms with Gasteiger partial charge < -0.3 is 30.8 Å². The molecule has 1 aliphatic carbocycles. The standard InChI is InChI=1S/C12H25NO5/c1-5(2)4-6(3)13-7-8(14)10(16)12(18)11(17)9(7)15/h5-18H,4H2,1-3H3. The van der Waals surface area contributed by atoms with Crippen molar-refractivity contribution in [3.8, 4) is 0 Å². The first-order chi connectivity index (χ1) is 8.25. The van der Waals surface area contributed by atoms with E-state index in [4.69, 9.17) is 0 Å². The fraction of sp³-hybridized carbons (Fsp3) is 1.00. The third-order valence-electron chi connectivity index (χ3n) is 3.44. The van der Waals surface area contributed by atoms with Crippen molar-refractivity contribution < 1.29 is 25.5 Å². The van der Waals surface area contributed by atoms with E-state index in [1.54, 1.807) is 0 Å². The molecule has 0 aromatic heterocycles. The molecule has 108 valence electrons. The van der Waals surface area contributed by atoms with Crippen molar-refractivity contribution in [3.05, 3.63) is 0 Å². The van der Waals surface area contributed by atoms with Crippen LogP contribution in [0.3, 0.4) is 0 Å². The summed E-state index contributed by atoms with van der Waals surface area (Å²) in [5.74, 6) is 0.450. The van der Waals surface area contributed by atoms with E-state index in [1.165, 1.54) is 0 Å². The summed E-state index contributed by atoms with van der Waals surface area (Å²) in [5, 5.41) is 51.3. The quantitative estimate of drug-likeness (QED) is 0.357. The number of aliphatic hydroxyl groups excluding tert-OH is 5. The fourth-order valence-electron chi connectivity index (χ4n) is 2.53. The molecule has 18 heavy (non-hydrogen) atoms. The molecule has 0 aromatic rings. The normalized spacial score (nSPS) is 43.2. The average molecular weight is 263 g/mol. The van der Waals surface area contributed by atoms with E-state index in [0.717, 1.165) is 6.42 Å². The molecule has 1 rings (SSSR count). The molecule has 6 heteroatoms. The van der Waals surface area contributed by atoms with Crippen LogP contribution < -0.4 is 5.32 Å².